The van der Waals surface area contributed by atoms with Crippen molar-refractivity contribution >= 4 is 5.91 Å². The summed E-state index contributed by atoms with van der Waals surface area (Å²) in [4.78, 5) is 16.2. The number of nitrogens with one attached hydrogen (secondary N) is 1. The van der Waals surface area contributed by atoms with Crippen LogP contribution in [0, 0.1) is 0 Å². The van der Waals surface area contributed by atoms with E-state index in [0.29, 0.717) is 25.3 Å². The molecule has 0 atom stereocenters. The van der Waals surface area contributed by atoms with E-state index < -0.39 is 0 Å². The molecule has 1 amide bonds. The molecule has 2 aromatic rings. The van der Waals surface area contributed by atoms with E-state index in [9.17, 15) is 4.79 Å². The zero-order valence-corrected chi connectivity index (χ0v) is 12.1. The highest BCUT2D eigenvalue weighted by Gasteiger charge is 2.26. The Bertz CT molecular complexity index is 696. The first-order chi connectivity index (χ1) is 10.8. The van der Waals surface area contributed by atoms with Gasteiger partial charge in [0.15, 0.2) is 0 Å². The Hall–Kier alpha value is -2.56. The van der Waals surface area contributed by atoms with Crippen molar-refractivity contribution in [1.29, 1.82) is 0 Å². The summed E-state index contributed by atoms with van der Waals surface area (Å²) in [7, 11) is 0. The van der Waals surface area contributed by atoms with Gasteiger partial charge in [-0.3, -0.25) is 9.78 Å². The summed E-state index contributed by atoms with van der Waals surface area (Å²) >= 11 is 0. The zero-order chi connectivity index (χ0) is 14.9. The quantitative estimate of drug-likeness (QED) is 0.939. The van der Waals surface area contributed by atoms with Gasteiger partial charge in [-0.2, -0.15) is 0 Å². The summed E-state index contributed by atoms with van der Waals surface area (Å²) in [6.07, 6.45) is 4.98. The summed E-state index contributed by atoms with van der Waals surface area (Å²) in [5, 5.41) is 2.96. The van der Waals surface area contributed by atoms with Crippen LogP contribution in [0.25, 0.3) is 0 Å². The third kappa shape index (κ3) is 2.19. The van der Waals surface area contributed by atoms with E-state index in [1.807, 2.05) is 0 Å². The highest BCUT2D eigenvalue weighted by Crippen LogP contribution is 2.40. The number of carbonyl (C=O) groups is 1. The molecule has 0 radical (unpaired) electrons. The molecule has 0 fully saturated rings. The van der Waals surface area contributed by atoms with Crippen LogP contribution < -0.4 is 14.8 Å². The van der Waals surface area contributed by atoms with Gasteiger partial charge in [0.2, 0.25) is 0 Å². The first-order valence-electron chi connectivity index (χ1n) is 7.44. The van der Waals surface area contributed by atoms with E-state index in [0.717, 1.165) is 35.5 Å². The Kier molecular flexibility index (Phi) is 3.18. The van der Waals surface area contributed by atoms with Gasteiger partial charge < -0.3 is 14.8 Å². The van der Waals surface area contributed by atoms with Crippen molar-refractivity contribution < 1.29 is 14.3 Å². The van der Waals surface area contributed by atoms with Gasteiger partial charge in [0, 0.05) is 48.5 Å². The Morgan fingerprint density at radius 1 is 1.27 bits per heavy atom. The summed E-state index contributed by atoms with van der Waals surface area (Å²) in [5.74, 6) is 1.74. The fourth-order valence-corrected chi connectivity index (χ4v) is 3.04. The lowest BCUT2D eigenvalue weighted by Crippen LogP contribution is -2.23. The van der Waals surface area contributed by atoms with Crippen molar-refractivity contribution in [2.24, 2.45) is 0 Å². The molecular formula is C17H16N2O3. The van der Waals surface area contributed by atoms with E-state index in [-0.39, 0.29) is 5.91 Å². The molecule has 1 aromatic heterocycles. The van der Waals surface area contributed by atoms with Gasteiger partial charge in [-0.05, 0) is 18.2 Å². The van der Waals surface area contributed by atoms with Crippen LogP contribution in [0.15, 0.2) is 30.6 Å². The first kappa shape index (κ1) is 13.1. The third-order valence-electron chi connectivity index (χ3n) is 4.11. The van der Waals surface area contributed by atoms with Crippen molar-refractivity contribution in [2.75, 3.05) is 13.2 Å². The lowest BCUT2D eigenvalue weighted by molar-refractivity contribution is 0.0950. The first-order valence-corrected chi connectivity index (χ1v) is 7.44. The number of ether oxygens (including phenoxy) is 2. The molecule has 1 aromatic carbocycles. The highest BCUT2D eigenvalue weighted by atomic mass is 16.5. The Balaban J connectivity index is 1.60. The average Bonchev–Trinajstić information content (AvgIpc) is 3.20. The van der Waals surface area contributed by atoms with Crippen molar-refractivity contribution in [1.82, 2.24) is 10.3 Å². The molecule has 0 spiro atoms. The lowest BCUT2D eigenvalue weighted by atomic mass is 9.99. The molecule has 0 unspecified atom stereocenters. The normalized spacial score (nSPS) is 14.7. The molecule has 2 aliphatic heterocycles. The predicted octanol–water partition coefficient (Wildman–Crippen LogP) is 1.88. The fourth-order valence-electron chi connectivity index (χ4n) is 3.04. The van der Waals surface area contributed by atoms with Gasteiger partial charge >= 0.3 is 0 Å². The molecule has 0 saturated carbocycles. The molecular weight excluding hydrogens is 280 g/mol. The molecule has 0 aliphatic carbocycles. The number of pyridine rings is 1. The minimum absolute atomic E-state index is 0.128. The highest BCUT2D eigenvalue weighted by molar-refractivity contribution is 5.93. The number of rotatable bonds is 3. The molecule has 0 bridgehead atoms. The van der Waals surface area contributed by atoms with Gasteiger partial charge in [0.1, 0.15) is 11.5 Å². The molecule has 112 valence electrons. The summed E-state index contributed by atoms with van der Waals surface area (Å²) in [5.41, 5.74) is 3.95. The maximum atomic E-state index is 12.2. The van der Waals surface area contributed by atoms with E-state index in [4.69, 9.17) is 9.47 Å². The van der Waals surface area contributed by atoms with Gasteiger partial charge in [-0.1, -0.05) is 0 Å². The number of aromatic nitrogens is 1. The van der Waals surface area contributed by atoms with Gasteiger partial charge in [-0.25, -0.2) is 0 Å². The molecule has 5 heteroatoms. The maximum absolute atomic E-state index is 12.2. The van der Waals surface area contributed by atoms with Crippen LogP contribution >= 0.6 is 0 Å². The maximum Gasteiger partial charge on any atom is 0.253 e. The van der Waals surface area contributed by atoms with Gasteiger partial charge in [-0.15, -0.1) is 0 Å². The number of hydrogen-bond donors (Lipinski definition) is 1. The van der Waals surface area contributed by atoms with Crippen molar-refractivity contribution in [2.45, 2.75) is 19.4 Å². The summed E-state index contributed by atoms with van der Waals surface area (Å²) in [6.45, 7) is 1.84. The van der Waals surface area contributed by atoms with E-state index in [2.05, 4.69) is 16.4 Å². The van der Waals surface area contributed by atoms with Crippen LogP contribution in [-0.4, -0.2) is 24.1 Å². The van der Waals surface area contributed by atoms with Gasteiger partial charge in [0.05, 0.1) is 18.8 Å². The molecule has 2 aliphatic rings. The number of fused-ring (bicyclic) bond motifs is 2. The topological polar surface area (TPSA) is 60.5 Å². The SMILES string of the molecule is O=C(NCc1c2c(cc3c1OCC3)OCC2)c1cccnc1. The smallest absolute Gasteiger partial charge is 0.253 e. The van der Waals surface area contributed by atoms with Gasteiger partial charge in [0.25, 0.3) is 5.91 Å². The number of hydrogen-bond acceptors (Lipinski definition) is 4. The standard InChI is InChI=1S/C17H16N2O3/c20-17(12-2-1-5-18-9-12)19-10-14-13-4-7-21-15(13)8-11-3-6-22-16(11)14/h1-2,5,8-9H,3-4,6-7,10H2,(H,19,20). The molecule has 1 N–H and O–H groups in total. The van der Waals surface area contributed by atoms with Crippen LogP contribution in [0.4, 0.5) is 0 Å². The van der Waals surface area contributed by atoms with Crippen molar-refractivity contribution in [3.8, 4) is 11.5 Å². The number of carbonyl (C=O) groups excluding carboxylic acids is 1. The minimum atomic E-state index is -0.128. The van der Waals surface area contributed by atoms with Crippen molar-refractivity contribution in [3.05, 3.63) is 52.8 Å². The Morgan fingerprint density at radius 3 is 3.05 bits per heavy atom. The predicted molar refractivity (Wildman–Crippen MR) is 80.2 cm³/mol. The molecule has 3 heterocycles. The molecule has 0 saturated heterocycles. The van der Waals surface area contributed by atoms with Crippen LogP contribution in [-0.2, 0) is 19.4 Å². The Morgan fingerprint density at radius 2 is 2.18 bits per heavy atom. The minimum Gasteiger partial charge on any atom is -0.493 e. The van der Waals surface area contributed by atoms with Crippen LogP contribution in [0.2, 0.25) is 0 Å². The van der Waals surface area contributed by atoms with Crippen LogP contribution in [0.5, 0.6) is 11.5 Å². The second-order valence-corrected chi connectivity index (χ2v) is 5.44. The van der Waals surface area contributed by atoms with Crippen LogP contribution in [0.1, 0.15) is 27.0 Å². The molecule has 22 heavy (non-hydrogen) atoms. The van der Waals surface area contributed by atoms with Crippen LogP contribution in [0.3, 0.4) is 0 Å². The largest absolute Gasteiger partial charge is 0.493 e. The second kappa shape index (κ2) is 5.33. The number of amides is 1. The summed E-state index contributed by atoms with van der Waals surface area (Å²) in [6, 6.07) is 5.59. The third-order valence-corrected chi connectivity index (χ3v) is 4.11. The Labute approximate surface area is 128 Å². The molecule has 5 nitrogen and oxygen atoms in total. The zero-order valence-electron chi connectivity index (χ0n) is 12.1. The average molecular weight is 296 g/mol. The van der Waals surface area contributed by atoms with E-state index in [1.165, 1.54) is 5.56 Å². The fraction of sp³-hybridized carbons (Fsp3) is 0.294. The summed E-state index contributed by atoms with van der Waals surface area (Å²) < 4.78 is 11.5. The van der Waals surface area contributed by atoms with E-state index in [1.54, 1.807) is 24.5 Å². The number of nitrogens with zero attached hydrogens (tertiary/aromatic N) is 1. The number of benzene rings is 1. The molecule has 4 rings (SSSR count). The second-order valence-electron chi connectivity index (χ2n) is 5.44. The monoisotopic (exact) mass is 296 g/mol. The van der Waals surface area contributed by atoms with Crippen molar-refractivity contribution in [3.63, 3.8) is 0 Å². The lowest BCUT2D eigenvalue weighted by Gasteiger charge is -2.13. The van der Waals surface area contributed by atoms with E-state index >= 15 is 0 Å².